The van der Waals surface area contributed by atoms with Crippen LogP contribution in [-0.4, -0.2) is 65.6 Å². The van der Waals surface area contributed by atoms with Gasteiger partial charge in [0.05, 0.1) is 5.60 Å². The smallest absolute Gasteiger partial charge is 0.406 e. The van der Waals surface area contributed by atoms with Crippen molar-refractivity contribution >= 4 is 0 Å². The lowest BCUT2D eigenvalue weighted by Crippen LogP contribution is -2.49. The van der Waals surface area contributed by atoms with Crippen molar-refractivity contribution in [1.29, 1.82) is 0 Å². The fourth-order valence-electron chi connectivity index (χ4n) is 5.86. The van der Waals surface area contributed by atoms with Gasteiger partial charge in [0.25, 0.3) is 0 Å². The molecule has 2 heterocycles. The molecule has 2 aliphatic heterocycles. The van der Waals surface area contributed by atoms with Gasteiger partial charge in [-0.1, -0.05) is 31.4 Å². The Morgan fingerprint density at radius 2 is 1.68 bits per heavy atom. The lowest BCUT2D eigenvalue weighted by Gasteiger charge is -2.43. The van der Waals surface area contributed by atoms with E-state index in [1.54, 1.807) is 6.07 Å². The van der Waals surface area contributed by atoms with Crippen LogP contribution in [0.1, 0.15) is 69.3 Å². The SMILES string of the molecule is OC1([C@H](CN2CCC(N3CCCCC3)CC2)c2cccc(OC(F)(F)F)c2)CCCC1. The Balaban J connectivity index is 1.45. The fourth-order valence-corrected chi connectivity index (χ4v) is 5.86. The van der Waals surface area contributed by atoms with Crippen LogP contribution in [0.25, 0.3) is 0 Å². The average Bonchev–Trinajstić information content (AvgIpc) is 3.19. The highest BCUT2D eigenvalue weighted by Crippen LogP contribution is 2.43. The molecule has 3 aliphatic rings. The molecule has 0 amide bonds. The summed E-state index contributed by atoms with van der Waals surface area (Å²) in [7, 11) is 0. The molecule has 0 aromatic heterocycles. The van der Waals surface area contributed by atoms with Crippen LogP contribution in [0.5, 0.6) is 5.75 Å². The molecule has 174 valence electrons. The van der Waals surface area contributed by atoms with E-state index >= 15 is 0 Å². The van der Waals surface area contributed by atoms with Gasteiger partial charge in [0.15, 0.2) is 0 Å². The van der Waals surface area contributed by atoms with E-state index in [0.29, 0.717) is 25.4 Å². The second-order valence-corrected chi connectivity index (χ2v) is 9.61. The Morgan fingerprint density at radius 1 is 1.00 bits per heavy atom. The normalized spacial score (nSPS) is 24.9. The summed E-state index contributed by atoms with van der Waals surface area (Å²) in [4.78, 5) is 5.04. The van der Waals surface area contributed by atoms with E-state index < -0.39 is 12.0 Å². The molecular formula is C24H35F3N2O2. The molecule has 1 atom stereocenters. The molecule has 7 heteroatoms. The van der Waals surface area contributed by atoms with E-state index in [1.165, 1.54) is 44.5 Å². The van der Waals surface area contributed by atoms with Crippen molar-refractivity contribution in [1.82, 2.24) is 9.80 Å². The molecule has 0 radical (unpaired) electrons. The second kappa shape index (κ2) is 9.67. The number of aliphatic hydroxyl groups is 1. The van der Waals surface area contributed by atoms with Crippen molar-refractivity contribution < 1.29 is 23.0 Å². The summed E-state index contributed by atoms with van der Waals surface area (Å²) < 4.78 is 42.3. The molecular weight excluding hydrogens is 405 g/mol. The van der Waals surface area contributed by atoms with Crippen LogP contribution in [0.2, 0.25) is 0 Å². The number of ether oxygens (including phenoxy) is 1. The highest BCUT2D eigenvalue weighted by molar-refractivity contribution is 5.33. The maximum absolute atomic E-state index is 12.7. The minimum absolute atomic E-state index is 0.208. The third kappa shape index (κ3) is 5.93. The molecule has 4 rings (SSSR count). The molecule has 0 bridgehead atoms. The van der Waals surface area contributed by atoms with Crippen molar-refractivity contribution in [2.75, 3.05) is 32.7 Å². The van der Waals surface area contributed by atoms with Crippen LogP contribution in [0.15, 0.2) is 24.3 Å². The number of hydrogen-bond acceptors (Lipinski definition) is 4. The van der Waals surface area contributed by atoms with E-state index in [-0.39, 0.29) is 11.7 Å². The number of hydrogen-bond donors (Lipinski definition) is 1. The average molecular weight is 441 g/mol. The maximum Gasteiger partial charge on any atom is 0.573 e. The summed E-state index contributed by atoms with van der Waals surface area (Å²) in [6.07, 6.45) is 4.80. The first-order chi connectivity index (χ1) is 14.8. The monoisotopic (exact) mass is 440 g/mol. The van der Waals surface area contributed by atoms with Crippen LogP contribution in [0.3, 0.4) is 0 Å². The Labute approximate surface area is 183 Å². The Hall–Kier alpha value is -1.31. The standard InChI is InChI=1S/C24H35F3N2O2/c25-24(26,27)31-21-8-6-7-19(17-21)22(23(30)11-2-3-12-23)18-28-15-9-20(10-16-28)29-13-4-1-5-14-29/h6-8,17,20,22,30H,1-5,9-16,18H2/t22-/m1/s1. The van der Waals surface area contributed by atoms with Gasteiger partial charge in [-0.3, -0.25) is 0 Å². The number of alkyl halides is 3. The predicted octanol–water partition coefficient (Wildman–Crippen LogP) is 4.92. The summed E-state index contributed by atoms with van der Waals surface area (Å²) in [5.74, 6) is -0.418. The quantitative estimate of drug-likeness (QED) is 0.681. The maximum atomic E-state index is 12.7. The number of piperidine rings is 2. The zero-order chi connectivity index (χ0) is 21.9. The minimum atomic E-state index is -4.71. The van der Waals surface area contributed by atoms with Gasteiger partial charge in [-0.2, -0.15) is 0 Å². The number of nitrogens with zero attached hydrogens (tertiary/aromatic N) is 2. The van der Waals surface area contributed by atoms with Gasteiger partial charge in [-0.05, 0) is 82.4 Å². The molecule has 1 saturated carbocycles. The molecule has 1 aromatic carbocycles. The molecule has 31 heavy (non-hydrogen) atoms. The molecule has 4 nitrogen and oxygen atoms in total. The van der Waals surface area contributed by atoms with Gasteiger partial charge in [-0.25, -0.2) is 0 Å². The summed E-state index contributed by atoms with van der Waals surface area (Å²) >= 11 is 0. The van der Waals surface area contributed by atoms with Gasteiger partial charge in [-0.15, -0.1) is 13.2 Å². The number of rotatable bonds is 6. The molecule has 1 aromatic rings. The molecule has 1 N–H and O–H groups in total. The van der Waals surface area contributed by atoms with Gasteiger partial charge in [0, 0.05) is 18.5 Å². The summed E-state index contributed by atoms with van der Waals surface area (Å²) in [6, 6.07) is 6.88. The number of likely N-dealkylation sites (tertiary alicyclic amines) is 2. The van der Waals surface area contributed by atoms with Crippen LogP contribution < -0.4 is 4.74 Å². The summed E-state index contributed by atoms with van der Waals surface area (Å²) in [5, 5.41) is 11.4. The Morgan fingerprint density at radius 3 is 2.32 bits per heavy atom. The van der Waals surface area contributed by atoms with Gasteiger partial charge in [0.1, 0.15) is 5.75 Å². The first kappa shape index (κ1) is 22.9. The van der Waals surface area contributed by atoms with Gasteiger partial charge >= 0.3 is 6.36 Å². The Kier molecular flexibility index (Phi) is 7.14. The Bertz CT molecular complexity index is 707. The number of benzene rings is 1. The zero-order valence-electron chi connectivity index (χ0n) is 18.2. The zero-order valence-corrected chi connectivity index (χ0v) is 18.2. The third-order valence-corrected chi connectivity index (χ3v) is 7.52. The summed E-state index contributed by atoms with van der Waals surface area (Å²) in [6.45, 7) is 5.05. The largest absolute Gasteiger partial charge is 0.573 e. The van der Waals surface area contributed by atoms with Gasteiger partial charge in [0.2, 0.25) is 0 Å². The van der Waals surface area contributed by atoms with E-state index in [2.05, 4.69) is 14.5 Å². The lowest BCUT2D eigenvalue weighted by molar-refractivity contribution is -0.274. The fraction of sp³-hybridized carbons (Fsp3) is 0.750. The van der Waals surface area contributed by atoms with Crippen LogP contribution in [0.4, 0.5) is 13.2 Å². The third-order valence-electron chi connectivity index (χ3n) is 7.52. The minimum Gasteiger partial charge on any atom is -0.406 e. The summed E-state index contributed by atoms with van der Waals surface area (Å²) in [5.41, 5.74) is -0.120. The lowest BCUT2D eigenvalue weighted by atomic mass is 9.80. The van der Waals surface area contributed by atoms with E-state index in [9.17, 15) is 18.3 Å². The second-order valence-electron chi connectivity index (χ2n) is 9.61. The highest BCUT2D eigenvalue weighted by Gasteiger charge is 2.42. The van der Waals surface area contributed by atoms with Gasteiger partial charge < -0.3 is 19.6 Å². The number of halogens is 3. The van der Waals surface area contributed by atoms with Crippen molar-refractivity contribution in [3.8, 4) is 5.75 Å². The predicted molar refractivity (Wildman–Crippen MR) is 114 cm³/mol. The first-order valence-electron chi connectivity index (χ1n) is 11.9. The topological polar surface area (TPSA) is 35.9 Å². The van der Waals surface area contributed by atoms with E-state index in [1.807, 2.05) is 6.07 Å². The van der Waals surface area contributed by atoms with E-state index in [0.717, 1.165) is 44.3 Å². The first-order valence-corrected chi connectivity index (χ1v) is 11.9. The molecule has 2 saturated heterocycles. The van der Waals surface area contributed by atoms with Crippen LogP contribution >= 0.6 is 0 Å². The van der Waals surface area contributed by atoms with Crippen molar-refractivity contribution in [3.05, 3.63) is 29.8 Å². The highest BCUT2D eigenvalue weighted by atomic mass is 19.4. The van der Waals surface area contributed by atoms with Crippen LogP contribution in [0, 0.1) is 0 Å². The van der Waals surface area contributed by atoms with Crippen LogP contribution in [-0.2, 0) is 0 Å². The molecule has 3 fully saturated rings. The van der Waals surface area contributed by atoms with E-state index in [4.69, 9.17) is 0 Å². The molecule has 0 spiro atoms. The van der Waals surface area contributed by atoms with Crippen molar-refractivity contribution in [2.45, 2.75) is 81.7 Å². The molecule has 0 unspecified atom stereocenters. The van der Waals surface area contributed by atoms with Crippen molar-refractivity contribution in [3.63, 3.8) is 0 Å². The molecule has 1 aliphatic carbocycles. The van der Waals surface area contributed by atoms with Crippen molar-refractivity contribution in [2.24, 2.45) is 0 Å².